The minimum atomic E-state index is -1.08. The largest absolute Gasteiger partial charge is 0.476 e. The molecule has 1 N–H and O–H groups in total. The summed E-state index contributed by atoms with van der Waals surface area (Å²) in [5.41, 5.74) is -0.0554. The standard InChI is InChI=1S/C11H11N3O2/c1-2-7-14(8-3-4-8)10-6-5-9(11(15)16)12-13-10/h1,5-6,8H,3-4,7H2,(H,15,16). The smallest absolute Gasteiger partial charge is 0.356 e. The molecule has 0 atom stereocenters. The Morgan fingerprint density at radius 1 is 1.56 bits per heavy atom. The fourth-order valence-corrected chi connectivity index (χ4v) is 1.47. The Morgan fingerprint density at radius 2 is 2.31 bits per heavy atom. The molecule has 0 spiro atoms. The number of aromatic nitrogens is 2. The van der Waals surface area contributed by atoms with Crippen LogP contribution in [0.3, 0.4) is 0 Å². The van der Waals surface area contributed by atoms with Crippen molar-refractivity contribution in [2.45, 2.75) is 18.9 Å². The average molecular weight is 217 g/mol. The van der Waals surface area contributed by atoms with Gasteiger partial charge in [-0.15, -0.1) is 16.6 Å². The molecular weight excluding hydrogens is 206 g/mol. The van der Waals surface area contributed by atoms with Crippen LogP contribution in [0.25, 0.3) is 0 Å². The second kappa shape index (κ2) is 4.19. The van der Waals surface area contributed by atoms with E-state index < -0.39 is 5.97 Å². The fourth-order valence-electron chi connectivity index (χ4n) is 1.47. The van der Waals surface area contributed by atoms with E-state index in [0.717, 1.165) is 12.8 Å². The summed E-state index contributed by atoms with van der Waals surface area (Å²) in [6.45, 7) is 0.478. The maximum absolute atomic E-state index is 10.6. The number of hydrogen-bond donors (Lipinski definition) is 1. The van der Waals surface area contributed by atoms with Gasteiger partial charge in [0, 0.05) is 6.04 Å². The molecule has 0 bridgehead atoms. The van der Waals surface area contributed by atoms with Gasteiger partial charge in [0.1, 0.15) is 0 Å². The van der Waals surface area contributed by atoms with E-state index in [1.165, 1.54) is 6.07 Å². The molecule has 5 nitrogen and oxygen atoms in total. The summed E-state index contributed by atoms with van der Waals surface area (Å²) >= 11 is 0. The van der Waals surface area contributed by atoms with Gasteiger partial charge in [-0.05, 0) is 25.0 Å². The Balaban J connectivity index is 2.18. The predicted molar refractivity (Wildman–Crippen MR) is 58.2 cm³/mol. The first-order valence-electron chi connectivity index (χ1n) is 4.99. The van der Waals surface area contributed by atoms with Gasteiger partial charge in [-0.25, -0.2) is 4.79 Å². The molecule has 82 valence electrons. The minimum Gasteiger partial charge on any atom is -0.476 e. The second-order valence-electron chi connectivity index (χ2n) is 3.65. The van der Waals surface area contributed by atoms with E-state index >= 15 is 0 Å². The molecule has 5 heteroatoms. The summed E-state index contributed by atoms with van der Waals surface area (Å²) < 4.78 is 0. The molecule has 0 amide bonds. The van der Waals surface area contributed by atoms with Gasteiger partial charge in [-0.2, -0.15) is 0 Å². The van der Waals surface area contributed by atoms with Crippen molar-refractivity contribution in [1.29, 1.82) is 0 Å². The van der Waals surface area contributed by atoms with E-state index in [4.69, 9.17) is 11.5 Å². The van der Waals surface area contributed by atoms with Gasteiger partial charge in [-0.3, -0.25) is 0 Å². The van der Waals surface area contributed by atoms with Crippen LogP contribution in [0.2, 0.25) is 0 Å². The number of nitrogens with zero attached hydrogens (tertiary/aromatic N) is 3. The van der Waals surface area contributed by atoms with Crippen LogP contribution in [0.4, 0.5) is 5.82 Å². The zero-order valence-electron chi connectivity index (χ0n) is 8.63. The lowest BCUT2D eigenvalue weighted by atomic mass is 10.3. The summed E-state index contributed by atoms with van der Waals surface area (Å²) in [4.78, 5) is 12.6. The van der Waals surface area contributed by atoms with Crippen LogP contribution in [0.1, 0.15) is 23.3 Å². The van der Waals surface area contributed by atoms with Gasteiger partial charge in [-0.1, -0.05) is 5.92 Å². The Bertz CT molecular complexity index is 432. The molecule has 0 saturated heterocycles. The molecule has 16 heavy (non-hydrogen) atoms. The summed E-state index contributed by atoms with van der Waals surface area (Å²) in [6.07, 6.45) is 7.48. The number of carboxylic acids is 1. The van der Waals surface area contributed by atoms with Gasteiger partial charge in [0.25, 0.3) is 0 Å². The first-order chi connectivity index (χ1) is 7.72. The predicted octanol–water partition coefficient (Wildman–Crippen LogP) is 0.777. The van der Waals surface area contributed by atoms with E-state index in [2.05, 4.69) is 16.1 Å². The lowest BCUT2D eigenvalue weighted by molar-refractivity contribution is 0.0689. The molecule has 1 aliphatic rings. The molecule has 2 rings (SSSR count). The second-order valence-corrected chi connectivity index (χ2v) is 3.65. The van der Waals surface area contributed by atoms with Crippen molar-refractivity contribution in [3.8, 4) is 12.3 Å². The zero-order valence-corrected chi connectivity index (χ0v) is 8.63. The average Bonchev–Trinajstić information content (AvgIpc) is 3.10. The molecule has 0 radical (unpaired) electrons. The number of anilines is 1. The van der Waals surface area contributed by atoms with Crippen LogP contribution >= 0.6 is 0 Å². The number of aromatic carboxylic acids is 1. The van der Waals surface area contributed by atoms with Gasteiger partial charge >= 0.3 is 5.97 Å². The van der Waals surface area contributed by atoms with Crippen LogP contribution < -0.4 is 4.90 Å². The third-order valence-corrected chi connectivity index (χ3v) is 2.41. The van der Waals surface area contributed by atoms with E-state index in [9.17, 15) is 4.79 Å². The molecule has 1 heterocycles. The summed E-state index contributed by atoms with van der Waals surface area (Å²) in [5, 5.41) is 16.2. The van der Waals surface area contributed by atoms with Crippen molar-refractivity contribution in [3.05, 3.63) is 17.8 Å². The maximum Gasteiger partial charge on any atom is 0.356 e. The number of rotatable bonds is 4. The number of carboxylic acid groups (broad SMARTS) is 1. The molecular formula is C11H11N3O2. The van der Waals surface area contributed by atoms with Crippen molar-refractivity contribution in [3.63, 3.8) is 0 Å². The Labute approximate surface area is 93.1 Å². The molecule has 0 aliphatic heterocycles. The van der Waals surface area contributed by atoms with E-state index in [0.29, 0.717) is 18.4 Å². The van der Waals surface area contributed by atoms with Crippen molar-refractivity contribution < 1.29 is 9.90 Å². The minimum absolute atomic E-state index is 0.0554. The molecule has 1 saturated carbocycles. The quantitative estimate of drug-likeness (QED) is 0.755. The number of terminal acetylenes is 1. The van der Waals surface area contributed by atoms with Crippen LogP contribution in [0, 0.1) is 12.3 Å². The van der Waals surface area contributed by atoms with E-state index in [1.54, 1.807) is 6.07 Å². The van der Waals surface area contributed by atoms with Crippen molar-refractivity contribution in [2.24, 2.45) is 0 Å². The van der Waals surface area contributed by atoms with Crippen molar-refractivity contribution in [2.75, 3.05) is 11.4 Å². The Hall–Kier alpha value is -2.09. The summed E-state index contributed by atoms with van der Waals surface area (Å²) in [6, 6.07) is 3.52. The lowest BCUT2D eigenvalue weighted by Gasteiger charge is -2.19. The third-order valence-electron chi connectivity index (χ3n) is 2.41. The molecule has 0 aromatic carbocycles. The molecule has 1 aliphatic carbocycles. The SMILES string of the molecule is C#CCN(c1ccc(C(=O)O)nn1)C1CC1. The van der Waals surface area contributed by atoms with Gasteiger partial charge < -0.3 is 10.0 Å². The number of hydrogen-bond acceptors (Lipinski definition) is 4. The Kier molecular flexibility index (Phi) is 2.73. The first-order valence-corrected chi connectivity index (χ1v) is 4.99. The van der Waals surface area contributed by atoms with Crippen LogP contribution in [-0.4, -0.2) is 33.9 Å². The zero-order chi connectivity index (χ0) is 11.5. The van der Waals surface area contributed by atoms with Gasteiger partial charge in [0.2, 0.25) is 0 Å². The highest BCUT2D eigenvalue weighted by Gasteiger charge is 2.29. The Morgan fingerprint density at radius 3 is 2.75 bits per heavy atom. The fraction of sp³-hybridized carbons (Fsp3) is 0.364. The highest BCUT2D eigenvalue weighted by Crippen LogP contribution is 2.29. The summed E-state index contributed by atoms with van der Waals surface area (Å²) in [5.74, 6) is 2.14. The van der Waals surface area contributed by atoms with E-state index in [-0.39, 0.29) is 5.69 Å². The molecule has 1 fully saturated rings. The lowest BCUT2D eigenvalue weighted by Crippen LogP contribution is -2.27. The van der Waals surface area contributed by atoms with Crippen LogP contribution in [-0.2, 0) is 0 Å². The maximum atomic E-state index is 10.6. The molecule has 1 aromatic heterocycles. The van der Waals surface area contributed by atoms with Gasteiger partial charge in [0.05, 0.1) is 6.54 Å². The third kappa shape index (κ3) is 2.11. The van der Waals surface area contributed by atoms with E-state index in [1.807, 2.05) is 4.90 Å². The molecule has 1 aromatic rings. The topological polar surface area (TPSA) is 66.3 Å². The van der Waals surface area contributed by atoms with Crippen LogP contribution in [0.5, 0.6) is 0 Å². The normalized spacial score (nSPS) is 14.2. The number of carbonyl (C=O) groups is 1. The van der Waals surface area contributed by atoms with Gasteiger partial charge in [0.15, 0.2) is 11.5 Å². The molecule has 0 unspecified atom stereocenters. The summed E-state index contributed by atoms with van der Waals surface area (Å²) in [7, 11) is 0. The highest BCUT2D eigenvalue weighted by molar-refractivity contribution is 5.85. The van der Waals surface area contributed by atoms with Crippen molar-refractivity contribution in [1.82, 2.24) is 10.2 Å². The monoisotopic (exact) mass is 217 g/mol. The first kappa shape index (κ1) is 10.4. The highest BCUT2D eigenvalue weighted by atomic mass is 16.4. The van der Waals surface area contributed by atoms with Crippen molar-refractivity contribution >= 4 is 11.8 Å². The van der Waals surface area contributed by atoms with Crippen LogP contribution in [0.15, 0.2) is 12.1 Å².